The Bertz CT molecular complexity index is 4130. The molecule has 0 saturated heterocycles. The number of hydrogen-bond donors (Lipinski definition) is 0. The van der Waals surface area contributed by atoms with Gasteiger partial charge in [0.25, 0.3) is 0 Å². The Balaban J connectivity index is 1.02. The van der Waals surface area contributed by atoms with Gasteiger partial charge >= 0.3 is 0 Å². The summed E-state index contributed by atoms with van der Waals surface area (Å²) in [4.78, 5) is 18.5. The van der Waals surface area contributed by atoms with Gasteiger partial charge in [-0.2, -0.15) is 9.97 Å². The molecule has 5 nitrogen and oxygen atoms in total. The van der Waals surface area contributed by atoms with Gasteiger partial charge in [0.05, 0.1) is 16.4 Å². The number of aromatic nitrogens is 4. The van der Waals surface area contributed by atoms with E-state index in [-0.39, 0.29) is 0 Å². The van der Waals surface area contributed by atoms with Gasteiger partial charge < -0.3 is 4.90 Å². The van der Waals surface area contributed by atoms with Crippen molar-refractivity contribution in [3.8, 4) is 73.2 Å². The van der Waals surface area contributed by atoms with Gasteiger partial charge in [0.15, 0.2) is 11.6 Å². The molecular weight excluding hydrogens is 911 g/mol. The Labute approximate surface area is 435 Å². The summed E-state index contributed by atoms with van der Waals surface area (Å²) in [6, 6.07) is 98.3. The molecule has 2 aliphatic rings. The van der Waals surface area contributed by atoms with E-state index in [1.807, 2.05) is 36.4 Å². The predicted molar refractivity (Wildman–Crippen MR) is 307 cm³/mol. The zero-order valence-corrected chi connectivity index (χ0v) is 40.7. The maximum absolute atomic E-state index is 5.46. The summed E-state index contributed by atoms with van der Waals surface area (Å²) in [5.41, 5.74) is 21.2. The Morgan fingerprint density at radius 2 is 0.720 bits per heavy atom. The van der Waals surface area contributed by atoms with Crippen molar-refractivity contribution in [3.05, 3.63) is 295 Å². The molecule has 0 radical (unpaired) electrons. The molecule has 75 heavy (non-hydrogen) atoms. The van der Waals surface area contributed by atoms with E-state index in [4.69, 9.17) is 15.0 Å². The van der Waals surface area contributed by atoms with Gasteiger partial charge in [-0.1, -0.05) is 231 Å². The fourth-order valence-electron chi connectivity index (χ4n) is 12.2. The lowest BCUT2D eigenvalue weighted by atomic mass is 9.70. The van der Waals surface area contributed by atoms with Crippen LogP contribution in [0.2, 0.25) is 0 Å². The summed E-state index contributed by atoms with van der Waals surface area (Å²) < 4.78 is 2.32. The highest BCUT2D eigenvalue weighted by Crippen LogP contribution is 2.64. The lowest BCUT2D eigenvalue weighted by molar-refractivity contribution is 0.794. The third-order valence-corrected chi connectivity index (χ3v) is 15.5. The van der Waals surface area contributed by atoms with Crippen molar-refractivity contribution < 1.29 is 0 Å². The van der Waals surface area contributed by atoms with Crippen LogP contribution in [0.4, 0.5) is 17.1 Å². The summed E-state index contributed by atoms with van der Waals surface area (Å²) in [7, 11) is 0. The molecule has 2 heterocycles. The molecule has 2 aromatic heterocycles. The van der Waals surface area contributed by atoms with Crippen molar-refractivity contribution in [2.24, 2.45) is 0 Å². The second-order valence-electron chi connectivity index (χ2n) is 19.5. The topological polar surface area (TPSA) is 46.8 Å². The van der Waals surface area contributed by atoms with E-state index >= 15 is 0 Å². The monoisotopic (exact) mass is 955 g/mol. The van der Waals surface area contributed by atoms with E-state index in [1.165, 1.54) is 66.8 Å². The van der Waals surface area contributed by atoms with E-state index in [0.717, 1.165) is 50.0 Å². The molecule has 0 fully saturated rings. The average molecular weight is 956 g/mol. The number of rotatable bonds is 8. The first-order valence-electron chi connectivity index (χ1n) is 25.6. The zero-order chi connectivity index (χ0) is 49.5. The van der Waals surface area contributed by atoms with Crippen LogP contribution < -0.4 is 4.90 Å². The van der Waals surface area contributed by atoms with Crippen molar-refractivity contribution >= 4 is 38.9 Å². The number of benzene rings is 11. The highest BCUT2D eigenvalue weighted by Gasteiger charge is 2.52. The minimum absolute atomic E-state index is 0.544. The summed E-state index contributed by atoms with van der Waals surface area (Å²) in [5, 5.41) is 2.20. The Morgan fingerprint density at radius 1 is 0.307 bits per heavy atom. The van der Waals surface area contributed by atoms with Crippen molar-refractivity contribution in [2.75, 3.05) is 4.90 Å². The third kappa shape index (κ3) is 6.61. The SMILES string of the molecule is c1ccc(-c2ccc(N(c3ccc(-c4ccccc4)cc3)c3ccc4c(c3)c3ccc5c(c3n4-c3nc(-c4ccccc4)nc(-c4ccccc4)n3)-c3ccccc3C53c4ccccc4-c4ccccc43)cc2)cc1. The molecule has 0 bridgehead atoms. The quantitative estimate of drug-likeness (QED) is 0.152. The van der Waals surface area contributed by atoms with Crippen molar-refractivity contribution in [1.29, 1.82) is 0 Å². The number of anilines is 3. The molecule has 0 aliphatic heterocycles. The molecule has 11 aromatic carbocycles. The molecule has 15 rings (SSSR count). The van der Waals surface area contributed by atoms with Gasteiger partial charge in [-0.25, -0.2) is 4.98 Å². The molecule has 1 spiro atoms. The molecule has 5 heteroatoms. The highest BCUT2D eigenvalue weighted by atomic mass is 15.2. The molecule has 0 unspecified atom stereocenters. The largest absolute Gasteiger partial charge is 0.310 e. The Morgan fingerprint density at radius 3 is 1.23 bits per heavy atom. The lowest BCUT2D eigenvalue weighted by Crippen LogP contribution is -2.25. The average Bonchev–Trinajstić information content (AvgIpc) is 4.30. The van der Waals surface area contributed by atoms with E-state index in [1.54, 1.807) is 0 Å². The third-order valence-electron chi connectivity index (χ3n) is 15.5. The summed E-state index contributed by atoms with van der Waals surface area (Å²) in [6.45, 7) is 0. The molecular formula is C70H45N5. The van der Waals surface area contributed by atoms with Crippen LogP contribution in [0.5, 0.6) is 0 Å². The molecule has 0 saturated carbocycles. The van der Waals surface area contributed by atoms with Crippen LogP contribution in [0.15, 0.2) is 273 Å². The van der Waals surface area contributed by atoms with Gasteiger partial charge in [0.1, 0.15) is 0 Å². The maximum Gasteiger partial charge on any atom is 0.238 e. The number of nitrogens with zero attached hydrogens (tertiary/aromatic N) is 5. The van der Waals surface area contributed by atoms with Crippen LogP contribution in [0.3, 0.4) is 0 Å². The van der Waals surface area contributed by atoms with E-state index in [9.17, 15) is 0 Å². The second-order valence-corrected chi connectivity index (χ2v) is 19.5. The molecule has 0 amide bonds. The van der Waals surface area contributed by atoms with Crippen LogP contribution in [0, 0.1) is 0 Å². The van der Waals surface area contributed by atoms with Crippen LogP contribution in [0.1, 0.15) is 22.3 Å². The van der Waals surface area contributed by atoms with Crippen LogP contribution in [-0.2, 0) is 5.41 Å². The first-order valence-corrected chi connectivity index (χ1v) is 25.6. The fourth-order valence-corrected chi connectivity index (χ4v) is 12.2. The van der Waals surface area contributed by atoms with E-state index < -0.39 is 5.41 Å². The van der Waals surface area contributed by atoms with Crippen LogP contribution in [0.25, 0.3) is 95.0 Å². The van der Waals surface area contributed by atoms with Gasteiger partial charge in [-0.15, -0.1) is 0 Å². The zero-order valence-electron chi connectivity index (χ0n) is 40.7. The standard InChI is InChI=1S/C70H45N5/c1-5-19-46(20-6-1)48-33-37-52(38-34-48)74(53-39-35-49(36-40-53)47-21-7-2-8-22-47)54-41-44-64-59(45-54)57-42-43-63-65(58-29-15-18-32-62(58)70(63)60-30-16-13-27-55(60)56-28-14-17-31-61(56)70)66(57)75(64)69-72-67(50-23-9-3-10-24-50)71-68(73-69)51-25-11-4-12-26-51/h1-45H. The predicted octanol–water partition coefficient (Wildman–Crippen LogP) is 17.4. The molecule has 350 valence electrons. The minimum atomic E-state index is -0.544. The van der Waals surface area contributed by atoms with Crippen LogP contribution in [-0.4, -0.2) is 19.5 Å². The molecule has 0 N–H and O–H groups in total. The Kier molecular flexibility index (Phi) is 9.72. The van der Waals surface area contributed by atoms with Crippen molar-refractivity contribution in [2.45, 2.75) is 5.41 Å². The van der Waals surface area contributed by atoms with Gasteiger partial charge in [0.2, 0.25) is 5.95 Å². The van der Waals surface area contributed by atoms with Gasteiger partial charge in [-0.05, 0) is 104 Å². The van der Waals surface area contributed by atoms with Gasteiger partial charge in [-0.3, -0.25) is 4.57 Å². The summed E-state index contributed by atoms with van der Waals surface area (Å²) in [6.07, 6.45) is 0. The highest BCUT2D eigenvalue weighted by molar-refractivity contribution is 6.17. The summed E-state index contributed by atoms with van der Waals surface area (Å²) >= 11 is 0. The molecule has 0 atom stereocenters. The minimum Gasteiger partial charge on any atom is -0.310 e. The van der Waals surface area contributed by atoms with Gasteiger partial charge in [0, 0.05) is 44.5 Å². The maximum atomic E-state index is 5.46. The molecule has 13 aromatic rings. The second kappa shape index (κ2) is 17.1. The van der Waals surface area contributed by atoms with Crippen LogP contribution >= 0.6 is 0 Å². The summed E-state index contributed by atoms with van der Waals surface area (Å²) in [5.74, 6) is 1.77. The number of hydrogen-bond acceptors (Lipinski definition) is 4. The van der Waals surface area contributed by atoms with E-state index in [2.05, 4.69) is 246 Å². The smallest absolute Gasteiger partial charge is 0.238 e. The Hall–Kier alpha value is -9.97. The fraction of sp³-hybridized carbons (Fsp3) is 0.0143. The van der Waals surface area contributed by atoms with Crippen molar-refractivity contribution in [1.82, 2.24) is 19.5 Å². The lowest BCUT2D eigenvalue weighted by Gasteiger charge is -2.30. The molecule has 2 aliphatic carbocycles. The first kappa shape index (κ1) is 42.7. The number of fused-ring (bicyclic) bond motifs is 14. The van der Waals surface area contributed by atoms with E-state index in [0.29, 0.717) is 17.6 Å². The normalized spacial score (nSPS) is 12.6. The first-order chi connectivity index (χ1) is 37.2. The van der Waals surface area contributed by atoms with Crippen molar-refractivity contribution in [3.63, 3.8) is 0 Å².